The van der Waals surface area contributed by atoms with Gasteiger partial charge >= 0.3 is 0 Å². The second-order valence-electron chi connectivity index (χ2n) is 8.15. The number of piperazine rings is 1. The van der Waals surface area contributed by atoms with Gasteiger partial charge in [-0.1, -0.05) is 47.9 Å². The quantitative estimate of drug-likeness (QED) is 0.787. The Bertz CT molecular complexity index is 662. The van der Waals surface area contributed by atoms with Crippen molar-refractivity contribution in [1.29, 1.82) is 0 Å². The van der Waals surface area contributed by atoms with Crippen molar-refractivity contribution in [3.63, 3.8) is 0 Å². The minimum Gasteiger partial charge on any atom is -0.304 e. The Morgan fingerprint density at radius 1 is 1.16 bits per heavy atom. The number of likely N-dealkylation sites (N-methyl/N-ethyl adjacent to an activating group) is 1. The molecule has 0 N–H and O–H groups in total. The first-order valence-corrected chi connectivity index (χ1v) is 9.89. The average Bonchev–Trinajstić information content (AvgIpc) is 2.82. The summed E-state index contributed by atoms with van der Waals surface area (Å²) in [4.78, 5) is 17.5. The van der Waals surface area contributed by atoms with E-state index in [1.54, 1.807) is 5.57 Å². The van der Waals surface area contributed by atoms with Gasteiger partial charge < -0.3 is 4.90 Å². The molecule has 1 unspecified atom stereocenters. The normalized spacial score (nSPS) is 30.5. The van der Waals surface area contributed by atoms with Crippen LogP contribution in [0.15, 0.2) is 47.1 Å². The number of carbonyl (C=O) groups is 1. The number of Topliss-reactive ketones (excluding diaryl/α,β-unsaturated/α-hetero) is 1. The Kier molecular flexibility index (Phi) is 4.79. The van der Waals surface area contributed by atoms with E-state index in [9.17, 15) is 4.79 Å². The molecule has 3 aliphatic carbocycles. The van der Waals surface area contributed by atoms with E-state index < -0.39 is 0 Å². The van der Waals surface area contributed by atoms with Crippen molar-refractivity contribution >= 4 is 5.78 Å². The summed E-state index contributed by atoms with van der Waals surface area (Å²) in [5.74, 6) is 0.307. The number of ketones is 1. The van der Waals surface area contributed by atoms with Crippen molar-refractivity contribution in [3.05, 3.63) is 47.1 Å². The molecule has 134 valence electrons. The number of carbonyl (C=O) groups excluding carboxylic acids is 1. The summed E-state index contributed by atoms with van der Waals surface area (Å²) in [7, 11) is 2.15. The van der Waals surface area contributed by atoms with Crippen LogP contribution in [-0.4, -0.2) is 55.4 Å². The van der Waals surface area contributed by atoms with Gasteiger partial charge in [0.25, 0.3) is 0 Å². The fourth-order valence-corrected chi connectivity index (χ4v) is 4.91. The van der Waals surface area contributed by atoms with Gasteiger partial charge in [0.1, 0.15) is 0 Å². The molecule has 0 bridgehead atoms. The highest BCUT2D eigenvalue weighted by atomic mass is 16.1. The number of nitrogens with zero attached hydrogens (tertiary/aromatic N) is 2. The molecule has 3 nitrogen and oxygen atoms in total. The van der Waals surface area contributed by atoms with Crippen LogP contribution in [0, 0.1) is 5.41 Å². The summed E-state index contributed by atoms with van der Waals surface area (Å²) in [6.07, 6.45) is 18.5. The molecule has 2 fully saturated rings. The summed E-state index contributed by atoms with van der Waals surface area (Å²) >= 11 is 0. The molecule has 0 aromatic carbocycles. The molecule has 1 saturated carbocycles. The van der Waals surface area contributed by atoms with Gasteiger partial charge in [-0.05, 0) is 39.2 Å². The van der Waals surface area contributed by atoms with Gasteiger partial charge in [0.05, 0.1) is 6.54 Å². The molecule has 4 rings (SSSR count). The van der Waals surface area contributed by atoms with Crippen LogP contribution in [0.5, 0.6) is 0 Å². The fraction of sp³-hybridized carbons (Fsp3) is 0.591. The van der Waals surface area contributed by atoms with Gasteiger partial charge in [-0.25, -0.2) is 0 Å². The molecule has 1 spiro atoms. The average molecular weight is 338 g/mol. The van der Waals surface area contributed by atoms with Crippen LogP contribution in [-0.2, 0) is 4.79 Å². The first-order valence-electron chi connectivity index (χ1n) is 9.89. The van der Waals surface area contributed by atoms with E-state index in [4.69, 9.17) is 0 Å². The standard InChI is InChI=1S/C22H30N2O/c1-23-12-14-24(15-13-23)17-21(25)18-9-11-22-10-5-4-7-19(22)6-2-3-8-20(22)16-18/h2-3,6,9,16H,4-5,7-8,10-15,17H2,1H3. The third-order valence-corrected chi connectivity index (χ3v) is 6.59. The van der Waals surface area contributed by atoms with Crippen molar-refractivity contribution in [2.45, 2.75) is 38.5 Å². The van der Waals surface area contributed by atoms with Crippen LogP contribution in [0.4, 0.5) is 0 Å². The lowest BCUT2D eigenvalue weighted by atomic mass is 9.61. The Morgan fingerprint density at radius 2 is 2.00 bits per heavy atom. The van der Waals surface area contributed by atoms with Crippen molar-refractivity contribution in [2.75, 3.05) is 39.8 Å². The monoisotopic (exact) mass is 338 g/mol. The van der Waals surface area contributed by atoms with Crippen LogP contribution in [0.3, 0.4) is 0 Å². The molecule has 0 aromatic heterocycles. The Labute approximate surface area is 151 Å². The molecule has 4 aliphatic rings. The lowest BCUT2D eigenvalue weighted by Crippen LogP contribution is -2.46. The van der Waals surface area contributed by atoms with Gasteiger partial charge in [0.2, 0.25) is 0 Å². The molecule has 25 heavy (non-hydrogen) atoms. The smallest absolute Gasteiger partial charge is 0.176 e. The van der Waals surface area contributed by atoms with E-state index in [1.165, 1.54) is 31.3 Å². The van der Waals surface area contributed by atoms with E-state index in [-0.39, 0.29) is 5.41 Å². The molecule has 0 amide bonds. The van der Waals surface area contributed by atoms with Crippen LogP contribution < -0.4 is 0 Å². The van der Waals surface area contributed by atoms with E-state index in [2.05, 4.69) is 47.2 Å². The molecule has 3 heteroatoms. The highest BCUT2D eigenvalue weighted by Crippen LogP contribution is 2.53. The highest BCUT2D eigenvalue weighted by Gasteiger charge is 2.40. The number of hydrogen-bond donors (Lipinski definition) is 0. The first-order chi connectivity index (χ1) is 12.2. The molecule has 1 saturated heterocycles. The number of hydrogen-bond acceptors (Lipinski definition) is 3. The third-order valence-electron chi connectivity index (χ3n) is 6.59. The lowest BCUT2D eigenvalue weighted by Gasteiger charge is -2.43. The van der Waals surface area contributed by atoms with Crippen LogP contribution in [0.1, 0.15) is 38.5 Å². The lowest BCUT2D eigenvalue weighted by molar-refractivity contribution is -0.116. The van der Waals surface area contributed by atoms with E-state index in [0.717, 1.165) is 44.6 Å². The van der Waals surface area contributed by atoms with Crippen molar-refractivity contribution in [3.8, 4) is 0 Å². The molecule has 0 aromatic rings. The number of rotatable bonds is 3. The summed E-state index contributed by atoms with van der Waals surface area (Å²) in [5, 5.41) is 0. The largest absolute Gasteiger partial charge is 0.304 e. The van der Waals surface area contributed by atoms with Crippen LogP contribution in [0.25, 0.3) is 0 Å². The van der Waals surface area contributed by atoms with Gasteiger partial charge in [0, 0.05) is 37.2 Å². The topological polar surface area (TPSA) is 23.6 Å². The zero-order valence-electron chi connectivity index (χ0n) is 15.5. The second-order valence-corrected chi connectivity index (χ2v) is 8.15. The Balaban J connectivity index is 1.50. The van der Waals surface area contributed by atoms with Gasteiger partial charge in [-0.3, -0.25) is 9.69 Å². The van der Waals surface area contributed by atoms with E-state index in [1.807, 2.05) is 0 Å². The zero-order valence-corrected chi connectivity index (χ0v) is 15.5. The molecule has 1 atom stereocenters. The number of allylic oxidation sites excluding steroid dienone is 7. The maximum Gasteiger partial charge on any atom is 0.176 e. The maximum atomic E-state index is 12.9. The predicted octanol–water partition coefficient (Wildman–Crippen LogP) is 3.51. The van der Waals surface area contributed by atoms with E-state index >= 15 is 0 Å². The SMILES string of the molecule is CN1CCN(CC(=O)C2=CCC34CCCCC3=CC=CCC4=C2)CC1. The summed E-state index contributed by atoms with van der Waals surface area (Å²) < 4.78 is 0. The first kappa shape index (κ1) is 17.0. The molecular weight excluding hydrogens is 308 g/mol. The van der Waals surface area contributed by atoms with Gasteiger partial charge in [0.15, 0.2) is 5.78 Å². The molecular formula is C22H30N2O. The second kappa shape index (κ2) is 7.05. The van der Waals surface area contributed by atoms with Crippen LogP contribution in [0.2, 0.25) is 0 Å². The predicted molar refractivity (Wildman–Crippen MR) is 102 cm³/mol. The van der Waals surface area contributed by atoms with Gasteiger partial charge in [-0.15, -0.1) is 0 Å². The highest BCUT2D eigenvalue weighted by molar-refractivity contribution is 6.00. The summed E-state index contributed by atoms with van der Waals surface area (Å²) in [5.41, 5.74) is 4.26. The van der Waals surface area contributed by atoms with E-state index in [0.29, 0.717) is 12.3 Å². The molecule has 1 heterocycles. The van der Waals surface area contributed by atoms with Crippen molar-refractivity contribution in [1.82, 2.24) is 9.80 Å². The van der Waals surface area contributed by atoms with Crippen LogP contribution >= 0.6 is 0 Å². The summed E-state index contributed by atoms with van der Waals surface area (Å²) in [6, 6.07) is 0. The molecule has 1 aliphatic heterocycles. The van der Waals surface area contributed by atoms with Gasteiger partial charge in [-0.2, -0.15) is 0 Å². The Hall–Kier alpha value is -1.45. The Morgan fingerprint density at radius 3 is 2.84 bits per heavy atom. The maximum absolute atomic E-state index is 12.9. The summed E-state index contributed by atoms with van der Waals surface area (Å²) in [6.45, 7) is 4.72. The minimum atomic E-state index is 0.222. The third kappa shape index (κ3) is 3.32. The zero-order chi connectivity index (χ0) is 17.3. The minimum absolute atomic E-state index is 0.222. The van der Waals surface area contributed by atoms with Crippen molar-refractivity contribution < 1.29 is 4.79 Å². The van der Waals surface area contributed by atoms with Crippen molar-refractivity contribution in [2.24, 2.45) is 5.41 Å². The molecule has 0 radical (unpaired) electrons. The fourth-order valence-electron chi connectivity index (χ4n) is 4.91.